The summed E-state index contributed by atoms with van der Waals surface area (Å²) in [6.45, 7) is 3.91. The smallest absolute Gasteiger partial charge is 0.136 e. The molecule has 13 heavy (non-hydrogen) atoms. The topological polar surface area (TPSA) is 25.8 Å². The normalized spacial score (nSPS) is 10.5. The van der Waals surface area contributed by atoms with Crippen LogP contribution in [0.3, 0.4) is 0 Å². The van der Waals surface area contributed by atoms with Gasteiger partial charge in [0.2, 0.25) is 0 Å². The predicted octanol–water partition coefficient (Wildman–Crippen LogP) is 3.13. The summed E-state index contributed by atoms with van der Waals surface area (Å²) in [5, 5.41) is 0.546. The molecule has 2 nitrogen and oxygen atoms in total. The summed E-state index contributed by atoms with van der Waals surface area (Å²) in [5.74, 6) is 1.08. The molecule has 0 aliphatic carbocycles. The Morgan fingerprint density at radius 2 is 2.00 bits per heavy atom. The molecular weight excluding hydrogens is 207 g/mol. The summed E-state index contributed by atoms with van der Waals surface area (Å²) in [6, 6.07) is 0. The molecule has 0 unspecified atom stereocenters. The third-order valence-electron chi connectivity index (χ3n) is 1.78. The summed E-state index contributed by atoms with van der Waals surface area (Å²) in [7, 11) is 0. The molecule has 1 rings (SSSR count). The molecule has 0 atom stereocenters. The Kier molecular flexibility index (Phi) is 3.94. The van der Waals surface area contributed by atoms with Crippen LogP contribution in [-0.2, 0) is 12.3 Å². The number of hydrogen-bond donors (Lipinski definition) is 0. The second-order valence-electron chi connectivity index (χ2n) is 2.87. The highest BCUT2D eigenvalue weighted by Gasteiger charge is 2.09. The van der Waals surface area contributed by atoms with Gasteiger partial charge in [0, 0.05) is 5.56 Å². The summed E-state index contributed by atoms with van der Waals surface area (Å²) in [5.41, 5.74) is 1.85. The first-order chi connectivity index (χ1) is 6.19. The Bertz CT molecular complexity index is 300. The predicted molar refractivity (Wildman–Crippen MR) is 55.3 cm³/mol. The molecule has 0 aliphatic heterocycles. The van der Waals surface area contributed by atoms with Crippen LogP contribution in [0.25, 0.3) is 0 Å². The quantitative estimate of drug-likeness (QED) is 0.576. The molecule has 1 aromatic heterocycles. The van der Waals surface area contributed by atoms with Crippen molar-refractivity contribution in [2.75, 3.05) is 0 Å². The van der Waals surface area contributed by atoms with E-state index in [2.05, 4.69) is 16.9 Å². The monoisotopic (exact) mass is 218 g/mol. The van der Waals surface area contributed by atoms with Crippen LogP contribution in [0, 0.1) is 6.92 Å². The van der Waals surface area contributed by atoms with Crippen molar-refractivity contribution in [1.29, 1.82) is 0 Å². The van der Waals surface area contributed by atoms with Crippen molar-refractivity contribution in [2.45, 2.75) is 32.6 Å². The summed E-state index contributed by atoms with van der Waals surface area (Å²) in [4.78, 5) is 8.34. The molecule has 0 spiro atoms. The average molecular weight is 219 g/mol. The lowest BCUT2D eigenvalue weighted by atomic mass is 10.1. The van der Waals surface area contributed by atoms with Crippen molar-refractivity contribution in [3.05, 3.63) is 22.2 Å². The van der Waals surface area contributed by atoms with E-state index in [1.54, 1.807) is 0 Å². The van der Waals surface area contributed by atoms with Gasteiger partial charge < -0.3 is 0 Å². The van der Waals surface area contributed by atoms with Gasteiger partial charge in [-0.15, -0.1) is 11.6 Å². The maximum Gasteiger partial charge on any atom is 0.136 e. The zero-order chi connectivity index (χ0) is 9.84. The Balaban J connectivity index is 3.13. The standard InChI is InChI=1S/C9H12Cl2N2/c1-3-4-7-8(5-10)12-6(2)13-9(7)11/h3-5H2,1-2H3. The number of nitrogens with zero attached hydrogens (tertiary/aromatic N) is 2. The average Bonchev–Trinajstić information content (AvgIpc) is 2.09. The van der Waals surface area contributed by atoms with Gasteiger partial charge in [0.05, 0.1) is 11.6 Å². The van der Waals surface area contributed by atoms with Gasteiger partial charge in [-0.1, -0.05) is 24.9 Å². The number of hydrogen-bond acceptors (Lipinski definition) is 2. The summed E-state index contributed by atoms with van der Waals surface area (Å²) < 4.78 is 0. The van der Waals surface area contributed by atoms with Crippen LogP contribution in [0.15, 0.2) is 0 Å². The van der Waals surface area contributed by atoms with Crippen LogP contribution in [-0.4, -0.2) is 9.97 Å². The minimum atomic E-state index is 0.401. The molecule has 4 heteroatoms. The van der Waals surface area contributed by atoms with Crippen LogP contribution >= 0.6 is 23.2 Å². The van der Waals surface area contributed by atoms with Gasteiger partial charge in [-0.05, 0) is 13.3 Å². The van der Waals surface area contributed by atoms with Crippen LogP contribution in [0.5, 0.6) is 0 Å². The van der Waals surface area contributed by atoms with Gasteiger partial charge in [0.25, 0.3) is 0 Å². The number of alkyl halides is 1. The molecule has 0 amide bonds. The number of halogens is 2. The van der Waals surface area contributed by atoms with Crippen molar-refractivity contribution >= 4 is 23.2 Å². The fourth-order valence-corrected chi connectivity index (χ4v) is 1.77. The number of aryl methyl sites for hydroxylation is 1. The van der Waals surface area contributed by atoms with E-state index in [4.69, 9.17) is 23.2 Å². The molecule has 1 aromatic rings. The molecule has 0 radical (unpaired) electrons. The third kappa shape index (κ3) is 2.55. The third-order valence-corrected chi connectivity index (χ3v) is 2.35. The Morgan fingerprint density at radius 3 is 2.54 bits per heavy atom. The Hall–Kier alpha value is -0.340. The number of aromatic nitrogens is 2. The van der Waals surface area contributed by atoms with E-state index in [1.807, 2.05) is 6.92 Å². The van der Waals surface area contributed by atoms with E-state index < -0.39 is 0 Å². The zero-order valence-corrected chi connectivity index (χ0v) is 9.28. The molecule has 0 bridgehead atoms. The lowest BCUT2D eigenvalue weighted by Crippen LogP contribution is -2.01. The zero-order valence-electron chi connectivity index (χ0n) is 7.77. The fraction of sp³-hybridized carbons (Fsp3) is 0.556. The fourth-order valence-electron chi connectivity index (χ4n) is 1.22. The van der Waals surface area contributed by atoms with Crippen molar-refractivity contribution < 1.29 is 0 Å². The molecule has 0 aromatic carbocycles. The van der Waals surface area contributed by atoms with Gasteiger partial charge in [0.15, 0.2) is 0 Å². The van der Waals surface area contributed by atoms with Gasteiger partial charge >= 0.3 is 0 Å². The van der Waals surface area contributed by atoms with Crippen molar-refractivity contribution in [3.8, 4) is 0 Å². The molecule has 0 fully saturated rings. The van der Waals surface area contributed by atoms with E-state index in [9.17, 15) is 0 Å². The minimum Gasteiger partial charge on any atom is -0.237 e. The highest BCUT2D eigenvalue weighted by atomic mass is 35.5. The molecular formula is C9H12Cl2N2. The second kappa shape index (κ2) is 4.77. The first kappa shape index (κ1) is 10.7. The van der Waals surface area contributed by atoms with E-state index in [0.29, 0.717) is 16.9 Å². The minimum absolute atomic E-state index is 0.401. The summed E-state index contributed by atoms with van der Waals surface area (Å²) in [6.07, 6.45) is 1.91. The first-order valence-corrected chi connectivity index (χ1v) is 5.18. The van der Waals surface area contributed by atoms with Crippen LogP contribution in [0.4, 0.5) is 0 Å². The second-order valence-corrected chi connectivity index (χ2v) is 3.50. The lowest BCUT2D eigenvalue weighted by molar-refractivity contribution is 0.864. The Morgan fingerprint density at radius 1 is 1.31 bits per heavy atom. The molecule has 0 saturated carbocycles. The van der Waals surface area contributed by atoms with Crippen LogP contribution in [0.2, 0.25) is 5.15 Å². The molecule has 0 aliphatic rings. The van der Waals surface area contributed by atoms with Crippen molar-refractivity contribution in [3.63, 3.8) is 0 Å². The Labute approximate surface area is 88.3 Å². The highest BCUT2D eigenvalue weighted by molar-refractivity contribution is 6.30. The van der Waals surface area contributed by atoms with Gasteiger partial charge in [-0.25, -0.2) is 9.97 Å². The van der Waals surface area contributed by atoms with E-state index in [1.165, 1.54) is 0 Å². The van der Waals surface area contributed by atoms with Gasteiger partial charge in [-0.3, -0.25) is 0 Å². The van der Waals surface area contributed by atoms with Crippen molar-refractivity contribution in [2.24, 2.45) is 0 Å². The molecule has 0 saturated heterocycles. The van der Waals surface area contributed by atoms with E-state index in [0.717, 1.165) is 24.1 Å². The van der Waals surface area contributed by atoms with E-state index >= 15 is 0 Å². The maximum absolute atomic E-state index is 5.98. The molecule has 72 valence electrons. The van der Waals surface area contributed by atoms with Gasteiger partial charge in [0.1, 0.15) is 11.0 Å². The lowest BCUT2D eigenvalue weighted by Gasteiger charge is -2.07. The van der Waals surface area contributed by atoms with Crippen LogP contribution < -0.4 is 0 Å². The van der Waals surface area contributed by atoms with E-state index in [-0.39, 0.29) is 0 Å². The first-order valence-electron chi connectivity index (χ1n) is 4.26. The maximum atomic E-state index is 5.98. The largest absolute Gasteiger partial charge is 0.237 e. The van der Waals surface area contributed by atoms with Crippen molar-refractivity contribution in [1.82, 2.24) is 9.97 Å². The molecule has 0 N–H and O–H groups in total. The number of rotatable bonds is 3. The van der Waals surface area contributed by atoms with Crippen LogP contribution in [0.1, 0.15) is 30.4 Å². The molecule has 1 heterocycles. The van der Waals surface area contributed by atoms with Gasteiger partial charge in [-0.2, -0.15) is 0 Å². The summed E-state index contributed by atoms with van der Waals surface area (Å²) >= 11 is 11.7. The SMILES string of the molecule is CCCc1c(Cl)nc(C)nc1CCl. The highest BCUT2D eigenvalue weighted by Crippen LogP contribution is 2.19.